The standard InChI is InChI=1S/C10H10BrClN2O2/c11-5-7-3-8(12)13-9(4-7)14-1-2-16-6-10(14)15/h3-4H,1-2,5-6H2. The summed E-state index contributed by atoms with van der Waals surface area (Å²) in [5.41, 5.74) is 0.995. The van der Waals surface area contributed by atoms with E-state index in [1.165, 1.54) is 0 Å². The Morgan fingerprint density at radius 2 is 2.38 bits per heavy atom. The number of carbonyl (C=O) groups excluding carboxylic acids is 1. The number of hydrogen-bond donors (Lipinski definition) is 0. The van der Waals surface area contributed by atoms with E-state index in [4.69, 9.17) is 16.3 Å². The molecule has 16 heavy (non-hydrogen) atoms. The average molecular weight is 306 g/mol. The van der Waals surface area contributed by atoms with E-state index in [1.807, 2.05) is 6.07 Å². The number of anilines is 1. The monoisotopic (exact) mass is 304 g/mol. The molecule has 1 aliphatic heterocycles. The van der Waals surface area contributed by atoms with Crippen LogP contribution in [-0.2, 0) is 14.9 Å². The maximum Gasteiger partial charge on any atom is 0.254 e. The van der Waals surface area contributed by atoms with Crippen molar-refractivity contribution in [2.75, 3.05) is 24.7 Å². The van der Waals surface area contributed by atoms with Crippen LogP contribution in [0.4, 0.5) is 5.82 Å². The number of carbonyl (C=O) groups is 1. The van der Waals surface area contributed by atoms with Gasteiger partial charge in [-0.05, 0) is 17.7 Å². The molecule has 1 aliphatic rings. The Bertz CT molecular complexity index is 414. The summed E-state index contributed by atoms with van der Waals surface area (Å²) < 4.78 is 5.06. The zero-order chi connectivity index (χ0) is 11.5. The molecule has 1 aromatic rings. The Balaban J connectivity index is 2.31. The molecule has 0 unspecified atom stereocenters. The van der Waals surface area contributed by atoms with E-state index in [0.29, 0.717) is 29.5 Å². The first kappa shape index (κ1) is 11.8. The highest BCUT2D eigenvalue weighted by Crippen LogP contribution is 2.21. The maximum absolute atomic E-state index is 11.6. The molecule has 0 saturated carbocycles. The molecule has 4 nitrogen and oxygen atoms in total. The predicted molar refractivity (Wildman–Crippen MR) is 65.1 cm³/mol. The highest BCUT2D eigenvalue weighted by molar-refractivity contribution is 9.08. The van der Waals surface area contributed by atoms with Gasteiger partial charge < -0.3 is 4.74 Å². The summed E-state index contributed by atoms with van der Waals surface area (Å²) >= 11 is 9.24. The quantitative estimate of drug-likeness (QED) is 0.620. The molecule has 2 heterocycles. The number of rotatable bonds is 2. The summed E-state index contributed by atoms with van der Waals surface area (Å²) in [6.45, 7) is 1.16. The van der Waals surface area contributed by atoms with Gasteiger partial charge in [-0.3, -0.25) is 9.69 Å². The molecule has 0 radical (unpaired) electrons. The second kappa shape index (κ2) is 5.12. The van der Waals surface area contributed by atoms with Crippen LogP contribution in [-0.4, -0.2) is 30.6 Å². The molecule has 0 bridgehead atoms. The number of aromatic nitrogens is 1. The molecule has 1 aromatic heterocycles. The number of hydrogen-bond acceptors (Lipinski definition) is 3. The van der Waals surface area contributed by atoms with E-state index >= 15 is 0 Å². The van der Waals surface area contributed by atoms with E-state index in [-0.39, 0.29) is 12.5 Å². The molecular formula is C10H10BrClN2O2. The number of amides is 1. The molecule has 0 spiro atoms. The Morgan fingerprint density at radius 1 is 1.56 bits per heavy atom. The Kier molecular flexibility index (Phi) is 3.78. The summed E-state index contributed by atoms with van der Waals surface area (Å²) in [6.07, 6.45) is 0. The second-order valence-corrected chi connectivity index (χ2v) is 4.34. The SMILES string of the molecule is O=C1COCCN1c1cc(CBr)cc(Cl)n1. The predicted octanol–water partition coefficient (Wildman–Crippen LogP) is 1.99. The van der Waals surface area contributed by atoms with Crippen LogP contribution in [0.1, 0.15) is 5.56 Å². The van der Waals surface area contributed by atoms with Gasteiger partial charge in [-0.2, -0.15) is 0 Å². The van der Waals surface area contributed by atoms with Crippen LogP contribution < -0.4 is 4.90 Å². The van der Waals surface area contributed by atoms with Crippen LogP contribution in [0, 0.1) is 0 Å². The number of morpholine rings is 1. The third-order valence-electron chi connectivity index (χ3n) is 2.26. The van der Waals surface area contributed by atoms with E-state index < -0.39 is 0 Å². The van der Waals surface area contributed by atoms with Crippen molar-refractivity contribution in [1.29, 1.82) is 0 Å². The smallest absolute Gasteiger partial charge is 0.254 e. The first-order valence-electron chi connectivity index (χ1n) is 4.81. The van der Waals surface area contributed by atoms with Crippen molar-refractivity contribution in [3.8, 4) is 0 Å². The van der Waals surface area contributed by atoms with Crippen LogP contribution in [0.5, 0.6) is 0 Å². The zero-order valence-electron chi connectivity index (χ0n) is 8.45. The number of alkyl halides is 1. The van der Waals surface area contributed by atoms with Gasteiger partial charge >= 0.3 is 0 Å². The lowest BCUT2D eigenvalue weighted by Gasteiger charge is -2.26. The minimum atomic E-state index is -0.0819. The molecule has 2 rings (SSSR count). The minimum Gasteiger partial charge on any atom is -0.370 e. The van der Waals surface area contributed by atoms with Crippen molar-refractivity contribution in [1.82, 2.24) is 4.98 Å². The Labute approximate surface area is 107 Å². The summed E-state index contributed by atoms with van der Waals surface area (Å²) in [5, 5.41) is 1.08. The first-order chi connectivity index (χ1) is 7.70. The fourth-order valence-electron chi connectivity index (χ4n) is 1.51. The molecular weight excluding hydrogens is 295 g/mol. The van der Waals surface area contributed by atoms with Crippen LogP contribution in [0.2, 0.25) is 5.15 Å². The largest absolute Gasteiger partial charge is 0.370 e. The lowest BCUT2D eigenvalue weighted by Crippen LogP contribution is -2.42. The van der Waals surface area contributed by atoms with Crippen molar-refractivity contribution in [2.45, 2.75) is 5.33 Å². The number of ether oxygens (including phenoxy) is 1. The highest BCUT2D eigenvalue weighted by Gasteiger charge is 2.21. The van der Waals surface area contributed by atoms with Gasteiger partial charge in [0, 0.05) is 5.33 Å². The number of nitrogens with zero attached hydrogens (tertiary/aromatic N) is 2. The summed E-state index contributed by atoms with van der Waals surface area (Å²) in [5.74, 6) is 0.511. The van der Waals surface area contributed by atoms with E-state index in [0.717, 1.165) is 5.56 Å². The van der Waals surface area contributed by atoms with Gasteiger partial charge in [-0.15, -0.1) is 0 Å². The van der Waals surface area contributed by atoms with Crippen LogP contribution in [0.25, 0.3) is 0 Å². The van der Waals surface area contributed by atoms with Crippen LogP contribution >= 0.6 is 27.5 Å². The zero-order valence-corrected chi connectivity index (χ0v) is 10.8. The minimum absolute atomic E-state index is 0.0819. The van der Waals surface area contributed by atoms with E-state index in [9.17, 15) is 4.79 Å². The van der Waals surface area contributed by atoms with Gasteiger partial charge in [-0.1, -0.05) is 27.5 Å². The van der Waals surface area contributed by atoms with Gasteiger partial charge in [0.2, 0.25) is 0 Å². The number of pyridine rings is 1. The third-order valence-corrected chi connectivity index (χ3v) is 3.10. The molecule has 0 aromatic carbocycles. The van der Waals surface area contributed by atoms with Crippen molar-refractivity contribution in [3.05, 3.63) is 22.8 Å². The third kappa shape index (κ3) is 2.53. The van der Waals surface area contributed by atoms with E-state index in [2.05, 4.69) is 20.9 Å². The van der Waals surface area contributed by atoms with Crippen molar-refractivity contribution >= 4 is 39.3 Å². The van der Waals surface area contributed by atoms with Crippen LogP contribution in [0.3, 0.4) is 0 Å². The summed E-state index contributed by atoms with van der Waals surface area (Å²) in [6, 6.07) is 3.62. The Hall–Kier alpha value is -0.650. The molecule has 1 saturated heterocycles. The molecule has 0 aliphatic carbocycles. The normalized spacial score (nSPS) is 16.6. The molecule has 1 amide bonds. The second-order valence-electron chi connectivity index (χ2n) is 3.39. The topological polar surface area (TPSA) is 42.4 Å². The van der Waals surface area contributed by atoms with Gasteiger partial charge in [0.05, 0.1) is 13.2 Å². The number of halogens is 2. The van der Waals surface area contributed by atoms with Crippen molar-refractivity contribution in [3.63, 3.8) is 0 Å². The Morgan fingerprint density at radius 3 is 3.06 bits per heavy atom. The fourth-order valence-corrected chi connectivity index (χ4v) is 2.06. The van der Waals surface area contributed by atoms with Gasteiger partial charge in [-0.25, -0.2) is 4.98 Å². The van der Waals surface area contributed by atoms with Gasteiger partial charge in [0.25, 0.3) is 5.91 Å². The molecule has 6 heteroatoms. The molecule has 0 atom stereocenters. The average Bonchev–Trinajstić information content (AvgIpc) is 2.28. The lowest BCUT2D eigenvalue weighted by molar-refractivity contribution is -0.125. The molecule has 0 N–H and O–H groups in total. The fraction of sp³-hybridized carbons (Fsp3) is 0.400. The van der Waals surface area contributed by atoms with Crippen molar-refractivity contribution < 1.29 is 9.53 Å². The van der Waals surface area contributed by atoms with E-state index in [1.54, 1.807) is 11.0 Å². The van der Waals surface area contributed by atoms with Gasteiger partial charge in [0.15, 0.2) is 0 Å². The lowest BCUT2D eigenvalue weighted by atomic mass is 10.3. The molecule has 1 fully saturated rings. The van der Waals surface area contributed by atoms with Gasteiger partial charge in [0.1, 0.15) is 17.6 Å². The summed E-state index contributed by atoms with van der Waals surface area (Å²) in [7, 11) is 0. The van der Waals surface area contributed by atoms with Crippen molar-refractivity contribution in [2.24, 2.45) is 0 Å². The summed E-state index contributed by atoms with van der Waals surface area (Å²) in [4.78, 5) is 17.4. The first-order valence-corrected chi connectivity index (χ1v) is 6.31. The molecule has 86 valence electrons. The maximum atomic E-state index is 11.6. The van der Waals surface area contributed by atoms with Crippen LogP contribution in [0.15, 0.2) is 12.1 Å². The highest BCUT2D eigenvalue weighted by atomic mass is 79.9.